The molecule has 0 radical (unpaired) electrons. The van der Waals surface area contributed by atoms with Gasteiger partial charge in [0.2, 0.25) is 10.0 Å². The topological polar surface area (TPSA) is 84.9 Å². The van der Waals surface area contributed by atoms with Crippen LogP contribution in [0.4, 0.5) is 10.5 Å². The molecule has 1 amide bonds. The second-order valence-electron chi connectivity index (χ2n) is 4.00. The van der Waals surface area contributed by atoms with E-state index in [0.717, 1.165) is 4.31 Å². The smallest absolute Gasteiger partial charge is 0.411 e. The standard InChI is InChI=1S/C12H18N2O5S/c1-5-19-12(15)13-9-6-7-10(18-4)11(8-9)20(16,17)14(2)3/h6-8H,5H2,1-4H3,(H,13,15). The van der Waals surface area contributed by atoms with Crippen LogP contribution in [0.15, 0.2) is 23.1 Å². The summed E-state index contributed by atoms with van der Waals surface area (Å²) in [5.41, 5.74) is 0.310. The van der Waals surface area contributed by atoms with Gasteiger partial charge < -0.3 is 9.47 Å². The first-order valence-corrected chi connectivity index (χ1v) is 7.31. The van der Waals surface area contributed by atoms with Gasteiger partial charge >= 0.3 is 6.09 Å². The third-order valence-electron chi connectivity index (χ3n) is 2.44. The summed E-state index contributed by atoms with van der Waals surface area (Å²) in [4.78, 5) is 11.3. The average molecular weight is 302 g/mol. The Kier molecular flexibility index (Phi) is 5.34. The number of carbonyl (C=O) groups excluding carboxylic acids is 1. The van der Waals surface area contributed by atoms with Crippen molar-refractivity contribution in [2.75, 3.05) is 33.1 Å². The summed E-state index contributed by atoms with van der Waals surface area (Å²) in [5, 5.41) is 2.45. The van der Waals surface area contributed by atoms with Crippen LogP contribution in [0.25, 0.3) is 0 Å². The predicted octanol–water partition coefficient (Wildman–Crippen LogP) is 1.51. The molecule has 7 nitrogen and oxygen atoms in total. The van der Waals surface area contributed by atoms with E-state index in [1.165, 1.54) is 39.4 Å². The van der Waals surface area contributed by atoms with Crippen LogP contribution in [0.3, 0.4) is 0 Å². The maximum Gasteiger partial charge on any atom is 0.411 e. The summed E-state index contributed by atoms with van der Waals surface area (Å²) >= 11 is 0. The van der Waals surface area contributed by atoms with Crippen molar-refractivity contribution in [3.05, 3.63) is 18.2 Å². The lowest BCUT2D eigenvalue weighted by atomic mass is 10.3. The summed E-state index contributed by atoms with van der Waals surface area (Å²) in [6, 6.07) is 4.33. The Morgan fingerprint density at radius 2 is 2.00 bits per heavy atom. The number of rotatable bonds is 5. The molecule has 1 N–H and O–H groups in total. The van der Waals surface area contributed by atoms with Gasteiger partial charge in [-0.15, -0.1) is 0 Å². The molecule has 0 heterocycles. The fourth-order valence-corrected chi connectivity index (χ4v) is 2.51. The van der Waals surface area contributed by atoms with Crippen molar-refractivity contribution in [3.63, 3.8) is 0 Å². The van der Waals surface area contributed by atoms with Crippen molar-refractivity contribution in [1.29, 1.82) is 0 Å². The van der Waals surface area contributed by atoms with E-state index in [4.69, 9.17) is 9.47 Å². The first-order chi connectivity index (χ1) is 9.32. The van der Waals surface area contributed by atoms with Gasteiger partial charge in [-0.2, -0.15) is 0 Å². The molecular formula is C12H18N2O5S. The van der Waals surface area contributed by atoms with Crippen LogP contribution < -0.4 is 10.1 Å². The molecule has 20 heavy (non-hydrogen) atoms. The predicted molar refractivity (Wildman–Crippen MR) is 74.5 cm³/mol. The first kappa shape index (κ1) is 16.3. The summed E-state index contributed by atoms with van der Waals surface area (Å²) < 4.78 is 35.2. The fourth-order valence-electron chi connectivity index (χ4n) is 1.44. The van der Waals surface area contributed by atoms with Gasteiger partial charge in [0.15, 0.2) is 0 Å². The van der Waals surface area contributed by atoms with Crippen LogP contribution in [0.2, 0.25) is 0 Å². The molecule has 0 aliphatic heterocycles. The SMILES string of the molecule is CCOC(=O)Nc1ccc(OC)c(S(=O)(=O)N(C)C)c1. The molecule has 1 aromatic carbocycles. The zero-order valence-corrected chi connectivity index (χ0v) is 12.7. The highest BCUT2D eigenvalue weighted by Crippen LogP contribution is 2.28. The number of hydrogen-bond donors (Lipinski definition) is 1. The average Bonchev–Trinajstić information content (AvgIpc) is 2.38. The van der Waals surface area contributed by atoms with Crippen LogP contribution in [-0.4, -0.2) is 46.6 Å². The molecule has 1 aromatic rings. The van der Waals surface area contributed by atoms with Gasteiger partial charge in [0.05, 0.1) is 13.7 Å². The number of sulfonamides is 1. The van der Waals surface area contributed by atoms with Crippen LogP contribution in [0.1, 0.15) is 6.92 Å². The normalized spacial score (nSPS) is 11.2. The molecule has 0 aliphatic carbocycles. The molecular weight excluding hydrogens is 284 g/mol. The van der Waals surface area contributed by atoms with Gasteiger partial charge in [-0.3, -0.25) is 5.32 Å². The van der Waals surface area contributed by atoms with Crippen molar-refractivity contribution < 1.29 is 22.7 Å². The molecule has 0 atom stereocenters. The van der Waals surface area contributed by atoms with Gasteiger partial charge in [-0.05, 0) is 25.1 Å². The zero-order valence-electron chi connectivity index (χ0n) is 11.8. The van der Waals surface area contributed by atoms with Gasteiger partial charge in [-0.1, -0.05) is 0 Å². The molecule has 0 bridgehead atoms. The molecule has 1 rings (SSSR count). The van der Waals surface area contributed by atoms with Crippen molar-refractivity contribution in [2.45, 2.75) is 11.8 Å². The first-order valence-electron chi connectivity index (χ1n) is 5.87. The second kappa shape index (κ2) is 6.58. The minimum Gasteiger partial charge on any atom is -0.495 e. The molecule has 0 saturated carbocycles. The molecule has 112 valence electrons. The van der Waals surface area contributed by atoms with E-state index in [2.05, 4.69) is 5.32 Å². The molecule has 0 aromatic heterocycles. The summed E-state index contributed by atoms with van der Waals surface area (Å²) in [7, 11) is 0.537. The molecule has 8 heteroatoms. The summed E-state index contributed by atoms with van der Waals surface area (Å²) in [6.45, 7) is 1.90. The zero-order chi connectivity index (χ0) is 15.3. The molecule has 0 spiro atoms. The van der Waals surface area contributed by atoms with E-state index in [-0.39, 0.29) is 17.3 Å². The Hall–Kier alpha value is -1.80. The number of amides is 1. The van der Waals surface area contributed by atoms with Crippen molar-refractivity contribution in [3.8, 4) is 5.75 Å². The highest BCUT2D eigenvalue weighted by molar-refractivity contribution is 7.89. The van der Waals surface area contributed by atoms with E-state index in [0.29, 0.717) is 5.69 Å². The number of nitrogens with zero attached hydrogens (tertiary/aromatic N) is 1. The van der Waals surface area contributed by atoms with Gasteiger partial charge in [0.1, 0.15) is 10.6 Å². The molecule has 0 unspecified atom stereocenters. The van der Waals surface area contributed by atoms with Crippen LogP contribution in [-0.2, 0) is 14.8 Å². The van der Waals surface area contributed by atoms with E-state index >= 15 is 0 Å². The van der Waals surface area contributed by atoms with E-state index in [9.17, 15) is 13.2 Å². The third kappa shape index (κ3) is 3.61. The number of nitrogens with one attached hydrogen (secondary N) is 1. The quantitative estimate of drug-likeness (QED) is 0.891. The van der Waals surface area contributed by atoms with Crippen molar-refractivity contribution >= 4 is 21.8 Å². The monoisotopic (exact) mass is 302 g/mol. The van der Waals surface area contributed by atoms with Crippen molar-refractivity contribution in [1.82, 2.24) is 4.31 Å². The van der Waals surface area contributed by atoms with Crippen LogP contribution in [0.5, 0.6) is 5.75 Å². The Morgan fingerprint density at radius 3 is 2.50 bits per heavy atom. The maximum absolute atomic E-state index is 12.2. The Labute approximate surface area is 118 Å². The Balaban J connectivity index is 3.19. The van der Waals surface area contributed by atoms with Gasteiger partial charge in [0.25, 0.3) is 0 Å². The van der Waals surface area contributed by atoms with Gasteiger partial charge in [-0.25, -0.2) is 17.5 Å². The number of ether oxygens (including phenoxy) is 2. The number of benzene rings is 1. The molecule has 0 aliphatic rings. The fraction of sp³-hybridized carbons (Fsp3) is 0.417. The minimum absolute atomic E-state index is 0.0284. The van der Waals surface area contributed by atoms with Gasteiger partial charge in [0, 0.05) is 19.8 Å². The second-order valence-corrected chi connectivity index (χ2v) is 6.12. The van der Waals surface area contributed by atoms with E-state index < -0.39 is 16.1 Å². The minimum atomic E-state index is -3.67. The van der Waals surface area contributed by atoms with Crippen LogP contribution >= 0.6 is 0 Å². The number of carbonyl (C=O) groups is 1. The molecule has 0 fully saturated rings. The largest absolute Gasteiger partial charge is 0.495 e. The number of methoxy groups -OCH3 is 1. The lowest BCUT2D eigenvalue weighted by molar-refractivity contribution is 0.168. The summed E-state index contributed by atoms with van der Waals surface area (Å²) in [5.74, 6) is 0.202. The highest BCUT2D eigenvalue weighted by atomic mass is 32.2. The van der Waals surface area contributed by atoms with Crippen molar-refractivity contribution in [2.24, 2.45) is 0 Å². The summed E-state index contributed by atoms with van der Waals surface area (Å²) in [6.07, 6.45) is -0.647. The molecule has 0 saturated heterocycles. The number of hydrogen-bond acceptors (Lipinski definition) is 5. The Morgan fingerprint density at radius 1 is 1.35 bits per heavy atom. The number of anilines is 1. The lowest BCUT2D eigenvalue weighted by Gasteiger charge is -2.15. The lowest BCUT2D eigenvalue weighted by Crippen LogP contribution is -2.23. The maximum atomic E-state index is 12.2. The third-order valence-corrected chi connectivity index (χ3v) is 4.28. The Bertz CT molecular complexity index is 584. The highest BCUT2D eigenvalue weighted by Gasteiger charge is 2.23. The van der Waals surface area contributed by atoms with Crippen LogP contribution in [0, 0.1) is 0 Å². The van der Waals surface area contributed by atoms with E-state index in [1.807, 2.05) is 0 Å². The van der Waals surface area contributed by atoms with E-state index in [1.54, 1.807) is 6.92 Å².